The van der Waals surface area contributed by atoms with Crippen LogP contribution in [0, 0.1) is 6.92 Å². The third kappa shape index (κ3) is 1.83. The summed E-state index contributed by atoms with van der Waals surface area (Å²) < 4.78 is 0. The summed E-state index contributed by atoms with van der Waals surface area (Å²) in [6.45, 7) is 1.86. The molecule has 0 aliphatic heterocycles. The number of nitrogens with one attached hydrogen (secondary N) is 3. The van der Waals surface area contributed by atoms with Gasteiger partial charge in [-0.2, -0.15) is 10.2 Å². The molecule has 2 heterocycles. The fraction of sp³-hybridized carbons (Fsp3) is 0.364. The normalized spacial score (nSPS) is 14.7. The number of aryl methyl sites for hydroxylation is 1. The first kappa shape index (κ1) is 10.8. The zero-order valence-corrected chi connectivity index (χ0v) is 9.95. The Labute approximate surface area is 103 Å². The molecule has 7 nitrogen and oxygen atoms in total. The van der Waals surface area contributed by atoms with E-state index in [4.69, 9.17) is 5.73 Å². The fourth-order valence-corrected chi connectivity index (χ4v) is 1.88. The first-order valence-electron chi connectivity index (χ1n) is 5.82. The standard InChI is InChI=1S/C11H14N6O/c1-5-4-7(15-14-5)13-11(18)10-8(12)9(16-17-10)6-2-3-6/h4,6H,2-3,12H2,1H3,(H,16,17)(H2,13,14,15,18). The number of nitrogen functional groups attached to an aromatic ring is 1. The zero-order valence-electron chi connectivity index (χ0n) is 9.95. The average molecular weight is 246 g/mol. The number of hydrogen-bond acceptors (Lipinski definition) is 4. The highest BCUT2D eigenvalue weighted by atomic mass is 16.2. The van der Waals surface area contributed by atoms with E-state index in [1.54, 1.807) is 6.07 Å². The molecule has 2 aromatic heterocycles. The van der Waals surface area contributed by atoms with Crippen LogP contribution < -0.4 is 11.1 Å². The quantitative estimate of drug-likeness (QED) is 0.650. The molecule has 0 unspecified atom stereocenters. The molecule has 18 heavy (non-hydrogen) atoms. The molecule has 2 aromatic rings. The number of amides is 1. The molecule has 1 amide bonds. The summed E-state index contributed by atoms with van der Waals surface area (Å²) >= 11 is 0. The Morgan fingerprint density at radius 1 is 1.44 bits per heavy atom. The third-order valence-corrected chi connectivity index (χ3v) is 2.98. The van der Waals surface area contributed by atoms with Crippen LogP contribution >= 0.6 is 0 Å². The highest BCUT2D eigenvalue weighted by molar-refractivity contribution is 6.06. The highest BCUT2D eigenvalue weighted by Crippen LogP contribution is 2.42. The molecule has 0 bridgehead atoms. The Balaban J connectivity index is 1.79. The van der Waals surface area contributed by atoms with Crippen molar-refractivity contribution in [2.75, 3.05) is 11.1 Å². The van der Waals surface area contributed by atoms with Gasteiger partial charge in [0, 0.05) is 17.7 Å². The summed E-state index contributed by atoms with van der Waals surface area (Å²) in [5, 5.41) is 16.2. The molecule has 0 radical (unpaired) electrons. The van der Waals surface area contributed by atoms with Crippen LogP contribution in [-0.2, 0) is 0 Å². The number of nitrogens with two attached hydrogens (primary N) is 1. The van der Waals surface area contributed by atoms with Gasteiger partial charge in [0.2, 0.25) is 0 Å². The number of carbonyl (C=O) groups excluding carboxylic acids is 1. The number of rotatable bonds is 3. The van der Waals surface area contributed by atoms with E-state index in [0.29, 0.717) is 17.4 Å². The molecular weight excluding hydrogens is 232 g/mol. The van der Waals surface area contributed by atoms with E-state index in [-0.39, 0.29) is 11.6 Å². The number of carbonyl (C=O) groups is 1. The average Bonchev–Trinajstić information content (AvgIpc) is 2.98. The predicted molar refractivity (Wildman–Crippen MR) is 66.3 cm³/mol. The molecule has 94 valence electrons. The molecule has 1 aliphatic rings. The lowest BCUT2D eigenvalue weighted by Gasteiger charge is -1.99. The Bertz CT molecular complexity index is 594. The Morgan fingerprint density at radius 2 is 2.22 bits per heavy atom. The topological polar surface area (TPSA) is 112 Å². The van der Waals surface area contributed by atoms with Crippen molar-refractivity contribution in [3.8, 4) is 0 Å². The van der Waals surface area contributed by atoms with E-state index >= 15 is 0 Å². The van der Waals surface area contributed by atoms with Gasteiger partial charge in [-0.3, -0.25) is 15.0 Å². The van der Waals surface area contributed by atoms with Gasteiger partial charge in [-0.25, -0.2) is 0 Å². The third-order valence-electron chi connectivity index (χ3n) is 2.98. The highest BCUT2D eigenvalue weighted by Gasteiger charge is 2.30. The summed E-state index contributed by atoms with van der Waals surface area (Å²) in [5.41, 5.74) is 8.35. The number of nitrogens with zero attached hydrogens (tertiary/aromatic N) is 2. The van der Waals surface area contributed by atoms with Gasteiger partial charge < -0.3 is 11.1 Å². The Kier molecular flexibility index (Phi) is 2.32. The van der Waals surface area contributed by atoms with Gasteiger partial charge in [-0.15, -0.1) is 0 Å². The molecule has 0 saturated heterocycles. The van der Waals surface area contributed by atoms with Gasteiger partial charge in [0.25, 0.3) is 5.91 Å². The predicted octanol–water partition coefficient (Wildman–Crippen LogP) is 1.15. The van der Waals surface area contributed by atoms with E-state index in [1.807, 2.05) is 6.92 Å². The van der Waals surface area contributed by atoms with Crippen LogP contribution in [0.3, 0.4) is 0 Å². The van der Waals surface area contributed by atoms with Gasteiger partial charge in [-0.1, -0.05) is 0 Å². The number of anilines is 2. The molecule has 0 atom stereocenters. The Hall–Kier alpha value is -2.31. The van der Waals surface area contributed by atoms with Gasteiger partial charge in [0.05, 0.1) is 11.4 Å². The van der Waals surface area contributed by atoms with Crippen LogP contribution in [-0.4, -0.2) is 26.3 Å². The summed E-state index contributed by atoms with van der Waals surface area (Å²) in [6.07, 6.45) is 2.21. The largest absolute Gasteiger partial charge is 0.395 e. The van der Waals surface area contributed by atoms with Crippen molar-refractivity contribution in [3.05, 3.63) is 23.1 Å². The smallest absolute Gasteiger partial charge is 0.279 e. The van der Waals surface area contributed by atoms with Crippen LogP contribution in [0.25, 0.3) is 0 Å². The van der Waals surface area contributed by atoms with Crippen LogP contribution in [0.15, 0.2) is 6.07 Å². The van der Waals surface area contributed by atoms with Crippen LogP contribution in [0.1, 0.15) is 40.6 Å². The van der Waals surface area contributed by atoms with Crippen molar-refractivity contribution < 1.29 is 4.79 Å². The van der Waals surface area contributed by atoms with Crippen molar-refractivity contribution >= 4 is 17.4 Å². The van der Waals surface area contributed by atoms with Crippen molar-refractivity contribution in [3.63, 3.8) is 0 Å². The second-order valence-corrected chi connectivity index (χ2v) is 4.56. The molecule has 7 heteroatoms. The molecule has 1 saturated carbocycles. The maximum atomic E-state index is 12.0. The number of aromatic nitrogens is 4. The van der Waals surface area contributed by atoms with Crippen molar-refractivity contribution in [1.29, 1.82) is 0 Å². The second-order valence-electron chi connectivity index (χ2n) is 4.56. The number of hydrogen-bond donors (Lipinski definition) is 4. The van der Waals surface area contributed by atoms with Gasteiger partial charge in [-0.05, 0) is 19.8 Å². The lowest BCUT2D eigenvalue weighted by molar-refractivity contribution is 0.102. The van der Waals surface area contributed by atoms with Gasteiger partial charge in [0.1, 0.15) is 0 Å². The minimum absolute atomic E-state index is 0.234. The van der Waals surface area contributed by atoms with Gasteiger partial charge in [0.15, 0.2) is 11.5 Å². The van der Waals surface area contributed by atoms with E-state index in [1.165, 1.54) is 0 Å². The summed E-state index contributed by atoms with van der Waals surface area (Å²) in [6, 6.07) is 1.74. The summed E-state index contributed by atoms with van der Waals surface area (Å²) in [7, 11) is 0. The lowest BCUT2D eigenvalue weighted by Crippen LogP contribution is -2.14. The molecule has 5 N–H and O–H groups in total. The maximum Gasteiger partial charge on any atom is 0.279 e. The van der Waals surface area contributed by atoms with E-state index in [9.17, 15) is 4.79 Å². The summed E-state index contributed by atoms with van der Waals surface area (Å²) in [5.74, 6) is 0.557. The number of H-pyrrole nitrogens is 2. The fourth-order valence-electron chi connectivity index (χ4n) is 1.88. The monoisotopic (exact) mass is 246 g/mol. The maximum absolute atomic E-state index is 12.0. The molecule has 1 aliphatic carbocycles. The molecule has 0 spiro atoms. The molecule has 0 aromatic carbocycles. The molecule has 3 rings (SSSR count). The van der Waals surface area contributed by atoms with E-state index < -0.39 is 0 Å². The summed E-state index contributed by atoms with van der Waals surface area (Å²) in [4.78, 5) is 12.0. The number of aromatic amines is 2. The van der Waals surface area contributed by atoms with Crippen molar-refractivity contribution in [1.82, 2.24) is 20.4 Å². The zero-order chi connectivity index (χ0) is 12.7. The van der Waals surface area contributed by atoms with E-state index in [2.05, 4.69) is 25.7 Å². The molecule has 1 fully saturated rings. The van der Waals surface area contributed by atoms with Crippen molar-refractivity contribution in [2.45, 2.75) is 25.7 Å². The van der Waals surface area contributed by atoms with Crippen LogP contribution in [0.5, 0.6) is 0 Å². The molecular formula is C11H14N6O. The first-order chi connectivity index (χ1) is 8.65. The van der Waals surface area contributed by atoms with Crippen LogP contribution in [0.4, 0.5) is 11.5 Å². The van der Waals surface area contributed by atoms with Crippen molar-refractivity contribution in [2.24, 2.45) is 0 Å². The van der Waals surface area contributed by atoms with Gasteiger partial charge >= 0.3 is 0 Å². The second kappa shape index (κ2) is 3.86. The van der Waals surface area contributed by atoms with Crippen LogP contribution in [0.2, 0.25) is 0 Å². The Morgan fingerprint density at radius 3 is 2.83 bits per heavy atom. The minimum Gasteiger partial charge on any atom is -0.395 e. The van der Waals surface area contributed by atoms with E-state index in [0.717, 1.165) is 24.2 Å². The minimum atomic E-state index is -0.345. The first-order valence-corrected chi connectivity index (χ1v) is 5.82. The SMILES string of the molecule is Cc1cc(NC(=O)c2n[nH]c(C3CC3)c2N)n[nH]1. The lowest BCUT2D eigenvalue weighted by atomic mass is 10.2.